The van der Waals surface area contributed by atoms with E-state index in [9.17, 15) is 0 Å². The molecule has 1 heterocycles. The number of nitrogens with zero attached hydrogens (tertiary/aromatic N) is 2. The predicted octanol–water partition coefficient (Wildman–Crippen LogP) is 1.82. The Morgan fingerprint density at radius 1 is 1.31 bits per heavy atom. The molecule has 90 valence electrons. The third-order valence-corrected chi connectivity index (χ3v) is 2.79. The van der Waals surface area contributed by atoms with E-state index in [0.717, 1.165) is 38.4 Å². The molecule has 1 N–H and O–H groups in total. The Kier molecular flexibility index (Phi) is 6.04. The van der Waals surface area contributed by atoms with E-state index in [2.05, 4.69) is 41.2 Å². The van der Waals surface area contributed by atoms with E-state index in [1.54, 1.807) is 0 Å². The molecule has 1 aromatic heterocycles. The zero-order chi connectivity index (χ0) is 11.8. The lowest BCUT2D eigenvalue weighted by Crippen LogP contribution is -2.31. The van der Waals surface area contributed by atoms with Crippen molar-refractivity contribution >= 4 is 0 Å². The van der Waals surface area contributed by atoms with Crippen molar-refractivity contribution < 1.29 is 0 Å². The molecule has 0 aliphatic carbocycles. The zero-order valence-electron chi connectivity index (χ0n) is 10.7. The fraction of sp³-hybridized carbons (Fsp3) is 0.615. The van der Waals surface area contributed by atoms with Gasteiger partial charge in [-0.15, -0.1) is 0 Å². The van der Waals surface area contributed by atoms with Gasteiger partial charge < -0.3 is 10.2 Å². The molecular weight excluding hydrogens is 198 g/mol. The van der Waals surface area contributed by atoms with Crippen LogP contribution < -0.4 is 5.32 Å². The number of hydrogen-bond donors (Lipinski definition) is 1. The molecule has 0 aliphatic rings. The summed E-state index contributed by atoms with van der Waals surface area (Å²) in [5.41, 5.74) is 2.40. The Hall–Kier alpha value is -0.930. The highest BCUT2D eigenvalue weighted by Crippen LogP contribution is 1.99. The molecule has 0 aromatic carbocycles. The average Bonchev–Trinajstić information content (AvgIpc) is 2.29. The molecule has 0 unspecified atom stereocenters. The number of aromatic nitrogens is 1. The fourth-order valence-electron chi connectivity index (χ4n) is 1.72. The van der Waals surface area contributed by atoms with Crippen molar-refractivity contribution in [3.63, 3.8) is 0 Å². The van der Waals surface area contributed by atoms with Gasteiger partial charge in [-0.1, -0.05) is 13.8 Å². The van der Waals surface area contributed by atoms with E-state index in [4.69, 9.17) is 0 Å². The van der Waals surface area contributed by atoms with Crippen molar-refractivity contribution in [2.45, 2.75) is 27.3 Å². The second-order valence-electron chi connectivity index (χ2n) is 4.01. The van der Waals surface area contributed by atoms with Crippen LogP contribution in [-0.2, 0) is 6.54 Å². The minimum absolute atomic E-state index is 0.935. The molecule has 16 heavy (non-hydrogen) atoms. The van der Waals surface area contributed by atoms with Crippen molar-refractivity contribution in [2.24, 2.45) is 0 Å². The molecule has 0 saturated heterocycles. The molecule has 0 amide bonds. The molecule has 3 nitrogen and oxygen atoms in total. The summed E-state index contributed by atoms with van der Waals surface area (Å²) in [5, 5.41) is 3.46. The fourth-order valence-corrected chi connectivity index (χ4v) is 1.72. The third kappa shape index (κ3) is 4.73. The monoisotopic (exact) mass is 221 g/mol. The van der Waals surface area contributed by atoms with Gasteiger partial charge in [0.15, 0.2) is 0 Å². The normalized spacial score (nSPS) is 11.0. The van der Waals surface area contributed by atoms with Gasteiger partial charge in [0, 0.05) is 31.5 Å². The van der Waals surface area contributed by atoms with Gasteiger partial charge in [-0.2, -0.15) is 0 Å². The lowest BCUT2D eigenvalue weighted by molar-refractivity contribution is 0.302. The van der Waals surface area contributed by atoms with Crippen molar-refractivity contribution in [2.75, 3.05) is 26.2 Å². The van der Waals surface area contributed by atoms with E-state index in [1.807, 2.05) is 13.1 Å². The van der Waals surface area contributed by atoms with Crippen molar-refractivity contribution in [1.29, 1.82) is 0 Å². The molecule has 0 bridgehead atoms. The number of nitrogens with one attached hydrogen (secondary N) is 1. The second-order valence-corrected chi connectivity index (χ2v) is 4.01. The molecule has 1 aromatic rings. The van der Waals surface area contributed by atoms with Gasteiger partial charge in [-0.05, 0) is 37.7 Å². The van der Waals surface area contributed by atoms with E-state index >= 15 is 0 Å². The summed E-state index contributed by atoms with van der Waals surface area (Å²) in [5.74, 6) is 0. The highest BCUT2D eigenvalue weighted by molar-refractivity contribution is 5.14. The van der Waals surface area contributed by atoms with E-state index < -0.39 is 0 Å². The minimum Gasteiger partial charge on any atom is -0.311 e. The van der Waals surface area contributed by atoms with Crippen molar-refractivity contribution in [3.8, 4) is 0 Å². The summed E-state index contributed by atoms with van der Waals surface area (Å²) in [7, 11) is 0. The van der Waals surface area contributed by atoms with Crippen LogP contribution in [-0.4, -0.2) is 36.1 Å². The summed E-state index contributed by atoms with van der Waals surface area (Å²) in [6.45, 7) is 11.8. The molecule has 0 aliphatic heterocycles. The molecule has 1 rings (SSSR count). The van der Waals surface area contributed by atoms with Crippen LogP contribution in [0, 0.1) is 6.92 Å². The quantitative estimate of drug-likeness (QED) is 0.712. The molecule has 0 fully saturated rings. The second kappa shape index (κ2) is 7.36. The predicted molar refractivity (Wildman–Crippen MR) is 68.5 cm³/mol. The first kappa shape index (κ1) is 13.1. The summed E-state index contributed by atoms with van der Waals surface area (Å²) >= 11 is 0. The van der Waals surface area contributed by atoms with Crippen LogP contribution in [0.1, 0.15) is 25.1 Å². The van der Waals surface area contributed by atoms with Crippen LogP contribution in [0.3, 0.4) is 0 Å². The number of rotatable bonds is 7. The molecule has 0 radical (unpaired) electrons. The Labute approximate surface area is 98.9 Å². The highest BCUT2D eigenvalue weighted by atomic mass is 15.1. The maximum atomic E-state index is 4.19. The summed E-state index contributed by atoms with van der Waals surface area (Å²) in [6.07, 6.45) is 1.87. The highest BCUT2D eigenvalue weighted by Gasteiger charge is 1.98. The Balaban J connectivity index is 2.20. The molecule has 0 spiro atoms. The van der Waals surface area contributed by atoms with Crippen LogP contribution in [0.2, 0.25) is 0 Å². The van der Waals surface area contributed by atoms with E-state index in [0.29, 0.717) is 0 Å². The van der Waals surface area contributed by atoms with Gasteiger partial charge in [0.2, 0.25) is 0 Å². The summed E-state index contributed by atoms with van der Waals surface area (Å²) in [4.78, 5) is 6.61. The summed E-state index contributed by atoms with van der Waals surface area (Å²) < 4.78 is 0. The number of hydrogen-bond acceptors (Lipinski definition) is 3. The molecule has 0 atom stereocenters. The van der Waals surface area contributed by atoms with Gasteiger partial charge in [-0.3, -0.25) is 4.98 Å². The first-order valence-corrected chi connectivity index (χ1v) is 6.10. The number of likely N-dealkylation sites (N-methyl/N-ethyl adjacent to an activating group) is 1. The van der Waals surface area contributed by atoms with Gasteiger partial charge in [0.25, 0.3) is 0 Å². The standard InChI is InChI=1S/C13H23N3/c1-4-16(5-2)9-8-14-11-13-6-7-15-12(3)10-13/h6-7,10,14H,4-5,8-9,11H2,1-3H3. The van der Waals surface area contributed by atoms with E-state index in [-0.39, 0.29) is 0 Å². The Morgan fingerprint density at radius 2 is 2.06 bits per heavy atom. The average molecular weight is 221 g/mol. The van der Waals surface area contributed by atoms with E-state index in [1.165, 1.54) is 5.56 Å². The van der Waals surface area contributed by atoms with Crippen LogP contribution in [0.25, 0.3) is 0 Å². The van der Waals surface area contributed by atoms with Gasteiger partial charge in [0.1, 0.15) is 0 Å². The lowest BCUT2D eigenvalue weighted by atomic mass is 10.2. The maximum Gasteiger partial charge on any atom is 0.0375 e. The van der Waals surface area contributed by atoms with Crippen molar-refractivity contribution in [3.05, 3.63) is 29.6 Å². The largest absolute Gasteiger partial charge is 0.311 e. The Morgan fingerprint density at radius 3 is 2.69 bits per heavy atom. The Bertz CT molecular complexity index is 295. The first-order chi connectivity index (χ1) is 7.76. The van der Waals surface area contributed by atoms with Crippen LogP contribution >= 0.6 is 0 Å². The number of aryl methyl sites for hydroxylation is 1. The SMILES string of the molecule is CCN(CC)CCNCc1ccnc(C)c1. The van der Waals surface area contributed by atoms with Crippen molar-refractivity contribution in [1.82, 2.24) is 15.2 Å². The summed E-state index contributed by atoms with van der Waals surface area (Å²) in [6, 6.07) is 4.20. The first-order valence-electron chi connectivity index (χ1n) is 6.10. The molecule has 3 heteroatoms. The minimum atomic E-state index is 0.935. The molecule has 0 saturated carbocycles. The van der Waals surface area contributed by atoms with Gasteiger partial charge >= 0.3 is 0 Å². The zero-order valence-corrected chi connectivity index (χ0v) is 10.7. The third-order valence-electron chi connectivity index (χ3n) is 2.79. The van der Waals surface area contributed by atoms with Crippen LogP contribution in [0.5, 0.6) is 0 Å². The van der Waals surface area contributed by atoms with Crippen LogP contribution in [0.15, 0.2) is 18.3 Å². The van der Waals surface area contributed by atoms with Crippen LogP contribution in [0.4, 0.5) is 0 Å². The van der Waals surface area contributed by atoms with Gasteiger partial charge in [-0.25, -0.2) is 0 Å². The van der Waals surface area contributed by atoms with Gasteiger partial charge in [0.05, 0.1) is 0 Å². The lowest BCUT2D eigenvalue weighted by Gasteiger charge is -2.18. The maximum absolute atomic E-state index is 4.19. The topological polar surface area (TPSA) is 28.2 Å². The number of pyridine rings is 1. The smallest absolute Gasteiger partial charge is 0.0375 e. The molecular formula is C13H23N3.